The molecule has 6 heteroatoms. The van der Waals surface area contributed by atoms with Gasteiger partial charge in [0.25, 0.3) is 0 Å². The quantitative estimate of drug-likeness (QED) is 0.394. The van der Waals surface area contributed by atoms with Crippen molar-refractivity contribution < 1.29 is 14.3 Å². The molecule has 0 saturated carbocycles. The third kappa shape index (κ3) is 3.00. The molecular weight excluding hydrogens is 283 g/mol. The van der Waals surface area contributed by atoms with Gasteiger partial charge in [-0.05, 0) is 18.2 Å². The van der Waals surface area contributed by atoms with Crippen LogP contribution in [0.3, 0.4) is 0 Å². The fourth-order valence-electron chi connectivity index (χ4n) is 1.69. The lowest BCUT2D eigenvalue weighted by atomic mass is 10.2. The minimum atomic E-state index is -0.361. The highest BCUT2D eigenvalue weighted by Gasteiger charge is 2.13. The van der Waals surface area contributed by atoms with Gasteiger partial charge in [0.2, 0.25) is 0 Å². The predicted octanol–water partition coefficient (Wildman–Crippen LogP) is 3.15. The second-order valence-corrected chi connectivity index (χ2v) is 4.39. The zero-order chi connectivity index (χ0) is 14.5. The van der Waals surface area contributed by atoms with Crippen LogP contribution >= 0.6 is 11.6 Å². The van der Waals surface area contributed by atoms with Crippen molar-refractivity contribution in [2.45, 2.75) is 6.61 Å². The minimum Gasteiger partial charge on any atom is -0.488 e. The summed E-state index contributed by atoms with van der Waals surface area (Å²) in [6.07, 6.45) is 0. The largest absolute Gasteiger partial charge is 0.488 e. The molecule has 0 atom stereocenters. The summed E-state index contributed by atoms with van der Waals surface area (Å²) in [5, 5.41) is 11.9. The number of oxime groups is 1. The van der Waals surface area contributed by atoms with Gasteiger partial charge in [0, 0.05) is 5.56 Å². The van der Waals surface area contributed by atoms with E-state index in [9.17, 15) is 4.39 Å². The maximum atomic E-state index is 13.5. The van der Waals surface area contributed by atoms with E-state index in [2.05, 4.69) is 5.16 Å². The smallest absolute Gasteiger partial charge is 0.175 e. The molecule has 0 aliphatic heterocycles. The Morgan fingerprint density at radius 1 is 1.25 bits per heavy atom. The summed E-state index contributed by atoms with van der Waals surface area (Å²) < 4.78 is 19.0. The summed E-state index contributed by atoms with van der Waals surface area (Å²) in [5.41, 5.74) is 6.23. The molecule has 2 aromatic carbocycles. The maximum absolute atomic E-state index is 13.5. The Morgan fingerprint density at radius 2 is 2.00 bits per heavy atom. The normalized spacial score (nSPS) is 11.4. The van der Waals surface area contributed by atoms with Crippen LogP contribution in [-0.4, -0.2) is 11.0 Å². The third-order valence-corrected chi connectivity index (χ3v) is 3.00. The fourth-order valence-corrected chi connectivity index (χ4v) is 1.96. The minimum absolute atomic E-state index is 0.0126. The van der Waals surface area contributed by atoms with Crippen molar-refractivity contribution in [3.63, 3.8) is 0 Å². The van der Waals surface area contributed by atoms with Crippen molar-refractivity contribution in [3.05, 3.63) is 64.4 Å². The fraction of sp³-hybridized carbons (Fsp3) is 0.0714. The van der Waals surface area contributed by atoms with Crippen LogP contribution in [0.15, 0.2) is 47.6 Å². The molecule has 0 radical (unpaired) electrons. The van der Waals surface area contributed by atoms with Gasteiger partial charge in [0.05, 0.1) is 10.6 Å². The van der Waals surface area contributed by atoms with Gasteiger partial charge < -0.3 is 15.7 Å². The summed E-state index contributed by atoms with van der Waals surface area (Å²) in [7, 11) is 0. The van der Waals surface area contributed by atoms with Crippen molar-refractivity contribution in [2.75, 3.05) is 0 Å². The van der Waals surface area contributed by atoms with Crippen molar-refractivity contribution in [1.82, 2.24) is 0 Å². The first-order chi connectivity index (χ1) is 9.63. The number of halogens is 2. The lowest BCUT2D eigenvalue weighted by molar-refractivity contribution is 0.297. The Kier molecular flexibility index (Phi) is 4.42. The molecule has 0 heterocycles. The standard InChI is InChI=1S/C14H12ClFN2O2/c15-10-5-3-7-12(13(10)14(17)18-19)20-8-9-4-1-2-6-11(9)16/h1-7,19H,8H2,(H2,17,18). The highest BCUT2D eigenvalue weighted by atomic mass is 35.5. The Morgan fingerprint density at radius 3 is 2.70 bits per heavy atom. The number of ether oxygens (including phenoxy) is 1. The lowest BCUT2D eigenvalue weighted by Crippen LogP contribution is -2.15. The van der Waals surface area contributed by atoms with Crippen LogP contribution in [-0.2, 0) is 6.61 Å². The van der Waals surface area contributed by atoms with Gasteiger partial charge in [-0.1, -0.05) is 41.0 Å². The molecule has 104 valence electrons. The van der Waals surface area contributed by atoms with E-state index in [4.69, 9.17) is 27.3 Å². The third-order valence-electron chi connectivity index (χ3n) is 2.68. The van der Waals surface area contributed by atoms with Crippen LogP contribution in [0.2, 0.25) is 5.02 Å². The molecule has 2 aromatic rings. The number of rotatable bonds is 4. The summed E-state index contributed by atoms with van der Waals surface area (Å²) in [6.45, 7) is 0.0126. The molecule has 20 heavy (non-hydrogen) atoms. The van der Waals surface area contributed by atoms with Crippen molar-refractivity contribution in [2.24, 2.45) is 10.9 Å². The zero-order valence-corrected chi connectivity index (χ0v) is 11.1. The van der Waals surface area contributed by atoms with E-state index in [1.54, 1.807) is 36.4 Å². The molecule has 0 amide bonds. The van der Waals surface area contributed by atoms with Gasteiger partial charge in [-0.3, -0.25) is 0 Å². The van der Waals surface area contributed by atoms with Crippen LogP contribution < -0.4 is 10.5 Å². The number of amidine groups is 1. The Hall–Kier alpha value is -2.27. The summed E-state index contributed by atoms with van der Waals surface area (Å²) in [5.74, 6) is -0.213. The summed E-state index contributed by atoms with van der Waals surface area (Å²) in [6, 6.07) is 11.1. The average Bonchev–Trinajstić information content (AvgIpc) is 2.46. The highest BCUT2D eigenvalue weighted by molar-refractivity contribution is 6.34. The monoisotopic (exact) mass is 294 g/mol. The van der Waals surface area contributed by atoms with Gasteiger partial charge in [-0.15, -0.1) is 0 Å². The van der Waals surface area contributed by atoms with Gasteiger partial charge in [-0.2, -0.15) is 0 Å². The second kappa shape index (κ2) is 6.25. The first-order valence-corrected chi connectivity index (χ1v) is 6.14. The molecule has 4 nitrogen and oxygen atoms in total. The van der Waals surface area contributed by atoms with Gasteiger partial charge >= 0.3 is 0 Å². The summed E-state index contributed by atoms with van der Waals surface area (Å²) >= 11 is 5.99. The van der Waals surface area contributed by atoms with Crippen LogP contribution in [0.4, 0.5) is 4.39 Å². The van der Waals surface area contributed by atoms with E-state index in [0.29, 0.717) is 11.3 Å². The maximum Gasteiger partial charge on any atom is 0.175 e. The van der Waals surface area contributed by atoms with Crippen molar-refractivity contribution >= 4 is 17.4 Å². The van der Waals surface area contributed by atoms with Gasteiger partial charge in [-0.25, -0.2) is 4.39 Å². The average molecular weight is 295 g/mol. The van der Waals surface area contributed by atoms with E-state index in [0.717, 1.165) is 0 Å². The highest BCUT2D eigenvalue weighted by Crippen LogP contribution is 2.27. The van der Waals surface area contributed by atoms with Crippen LogP contribution in [0.25, 0.3) is 0 Å². The van der Waals surface area contributed by atoms with Gasteiger partial charge in [0.1, 0.15) is 18.2 Å². The molecule has 0 fully saturated rings. The molecule has 0 aliphatic rings. The summed E-state index contributed by atoms with van der Waals surface area (Å²) in [4.78, 5) is 0. The number of hydrogen-bond donors (Lipinski definition) is 2. The van der Waals surface area contributed by atoms with E-state index in [-0.39, 0.29) is 28.8 Å². The van der Waals surface area contributed by atoms with Crippen LogP contribution in [0.5, 0.6) is 5.75 Å². The number of hydrogen-bond acceptors (Lipinski definition) is 3. The first kappa shape index (κ1) is 14.1. The molecule has 0 bridgehead atoms. The van der Waals surface area contributed by atoms with Crippen LogP contribution in [0.1, 0.15) is 11.1 Å². The topological polar surface area (TPSA) is 67.8 Å². The zero-order valence-electron chi connectivity index (χ0n) is 10.4. The number of benzene rings is 2. The molecule has 2 rings (SSSR count). The molecule has 0 saturated heterocycles. The van der Waals surface area contributed by atoms with E-state index in [1.165, 1.54) is 6.07 Å². The Balaban J connectivity index is 2.27. The van der Waals surface area contributed by atoms with E-state index in [1.807, 2.05) is 0 Å². The lowest BCUT2D eigenvalue weighted by Gasteiger charge is -2.12. The molecular formula is C14H12ClFN2O2. The molecule has 3 N–H and O–H groups in total. The van der Waals surface area contributed by atoms with Crippen molar-refractivity contribution in [3.8, 4) is 5.75 Å². The SMILES string of the molecule is NC(=NO)c1c(Cl)cccc1OCc1ccccc1F. The van der Waals surface area contributed by atoms with E-state index < -0.39 is 0 Å². The second-order valence-electron chi connectivity index (χ2n) is 3.98. The molecule has 0 aromatic heterocycles. The molecule has 0 unspecified atom stereocenters. The Labute approximate surface area is 120 Å². The molecule has 0 aliphatic carbocycles. The number of nitrogens with zero attached hydrogens (tertiary/aromatic N) is 1. The predicted molar refractivity (Wildman–Crippen MR) is 74.7 cm³/mol. The Bertz CT molecular complexity index is 647. The van der Waals surface area contributed by atoms with Crippen LogP contribution in [0, 0.1) is 5.82 Å². The van der Waals surface area contributed by atoms with Crippen molar-refractivity contribution in [1.29, 1.82) is 0 Å². The van der Waals surface area contributed by atoms with Gasteiger partial charge in [0.15, 0.2) is 5.84 Å². The first-order valence-electron chi connectivity index (χ1n) is 5.76. The molecule has 0 spiro atoms. The van der Waals surface area contributed by atoms with E-state index >= 15 is 0 Å². The number of nitrogens with two attached hydrogens (primary N) is 1.